The Hall–Kier alpha value is -2.31. The molecule has 1 unspecified atom stereocenters. The molecule has 1 N–H and O–H groups in total. The number of carbonyl (C=O) groups is 3. The summed E-state index contributed by atoms with van der Waals surface area (Å²) in [5.41, 5.74) is 0. The van der Waals surface area contributed by atoms with E-state index in [2.05, 4.69) is 0 Å². The fraction of sp³-hybridized carbons (Fsp3) is 0.562. The molecule has 1 fully saturated rings. The number of nitrogens with zero attached hydrogens (tertiary/aromatic N) is 2. The van der Waals surface area contributed by atoms with Gasteiger partial charge in [-0.25, -0.2) is 0 Å². The summed E-state index contributed by atoms with van der Waals surface area (Å²) in [5.74, 6) is -0.984. The van der Waals surface area contributed by atoms with Crippen LogP contribution in [-0.4, -0.2) is 59.4 Å². The molecule has 0 aliphatic carbocycles. The van der Waals surface area contributed by atoms with Crippen molar-refractivity contribution in [2.24, 2.45) is 5.92 Å². The topological polar surface area (TPSA) is 91.1 Å². The number of carboxylic acid groups (broad SMARTS) is 1. The molecular formula is C16H22N2O5. The van der Waals surface area contributed by atoms with Gasteiger partial charge in [-0.15, -0.1) is 0 Å². The van der Waals surface area contributed by atoms with Crippen LogP contribution in [0.25, 0.3) is 0 Å². The molecule has 7 nitrogen and oxygen atoms in total. The quantitative estimate of drug-likeness (QED) is 0.843. The number of hydrogen-bond acceptors (Lipinski definition) is 4. The molecule has 0 aromatic carbocycles. The van der Waals surface area contributed by atoms with Crippen LogP contribution in [0.2, 0.25) is 0 Å². The number of hydrogen-bond donors (Lipinski definition) is 1. The number of carboxylic acids is 1. The fourth-order valence-electron chi connectivity index (χ4n) is 2.67. The summed E-state index contributed by atoms with van der Waals surface area (Å²) in [4.78, 5) is 38.2. The maximum atomic E-state index is 12.2. The Morgan fingerprint density at radius 3 is 2.87 bits per heavy atom. The summed E-state index contributed by atoms with van der Waals surface area (Å²) < 4.78 is 5.17. The third-order valence-electron chi connectivity index (χ3n) is 4.09. The van der Waals surface area contributed by atoms with Gasteiger partial charge in [0.15, 0.2) is 0 Å². The highest BCUT2D eigenvalue weighted by molar-refractivity contribution is 5.85. The molecule has 0 bridgehead atoms. The van der Waals surface area contributed by atoms with Crippen LogP contribution >= 0.6 is 0 Å². The predicted octanol–water partition coefficient (Wildman–Crippen LogP) is 0.994. The summed E-state index contributed by atoms with van der Waals surface area (Å²) in [6.45, 7) is 0.753. The Balaban J connectivity index is 1.79. The van der Waals surface area contributed by atoms with Crippen LogP contribution in [0.5, 0.6) is 0 Å². The number of aliphatic carboxylic acids is 1. The summed E-state index contributed by atoms with van der Waals surface area (Å²) in [7, 11) is 1.58. The molecule has 1 aromatic rings. The second kappa shape index (κ2) is 7.80. The average molecular weight is 322 g/mol. The molecular weight excluding hydrogens is 300 g/mol. The van der Waals surface area contributed by atoms with Crippen LogP contribution in [0, 0.1) is 5.92 Å². The Kier molecular flexibility index (Phi) is 5.78. The van der Waals surface area contributed by atoms with Crippen molar-refractivity contribution >= 4 is 17.8 Å². The third kappa shape index (κ3) is 4.84. The van der Waals surface area contributed by atoms with Crippen molar-refractivity contribution in [1.82, 2.24) is 9.80 Å². The van der Waals surface area contributed by atoms with E-state index in [9.17, 15) is 14.4 Å². The van der Waals surface area contributed by atoms with Crippen molar-refractivity contribution in [3.05, 3.63) is 24.2 Å². The lowest BCUT2D eigenvalue weighted by atomic mass is 9.98. The van der Waals surface area contributed by atoms with Crippen LogP contribution in [0.1, 0.15) is 25.0 Å². The first kappa shape index (κ1) is 17.1. The Bertz CT molecular complexity index is 555. The molecule has 1 aliphatic heterocycles. The van der Waals surface area contributed by atoms with Crippen molar-refractivity contribution in [2.45, 2.75) is 25.7 Å². The van der Waals surface area contributed by atoms with Gasteiger partial charge in [0.05, 0.1) is 18.7 Å². The largest absolute Gasteiger partial charge is 0.481 e. The molecule has 1 aliphatic rings. The zero-order chi connectivity index (χ0) is 16.8. The highest BCUT2D eigenvalue weighted by Crippen LogP contribution is 2.17. The Morgan fingerprint density at radius 1 is 1.43 bits per heavy atom. The third-order valence-corrected chi connectivity index (χ3v) is 4.09. The predicted molar refractivity (Wildman–Crippen MR) is 81.6 cm³/mol. The minimum atomic E-state index is -0.870. The highest BCUT2D eigenvalue weighted by Gasteiger charge is 2.28. The summed E-state index contributed by atoms with van der Waals surface area (Å²) >= 11 is 0. The monoisotopic (exact) mass is 322 g/mol. The second-order valence-corrected chi connectivity index (χ2v) is 5.85. The van der Waals surface area contributed by atoms with Gasteiger partial charge < -0.3 is 19.3 Å². The number of carbonyl (C=O) groups excluding carboxylic acids is 2. The van der Waals surface area contributed by atoms with E-state index in [0.29, 0.717) is 25.8 Å². The minimum Gasteiger partial charge on any atom is -0.481 e. The van der Waals surface area contributed by atoms with Gasteiger partial charge in [-0.2, -0.15) is 0 Å². The van der Waals surface area contributed by atoms with Gasteiger partial charge in [-0.1, -0.05) is 0 Å². The molecule has 2 heterocycles. The number of amides is 2. The van der Waals surface area contributed by atoms with Crippen LogP contribution in [0.15, 0.2) is 22.8 Å². The van der Waals surface area contributed by atoms with E-state index >= 15 is 0 Å². The zero-order valence-electron chi connectivity index (χ0n) is 13.2. The number of piperidine rings is 1. The van der Waals surface area contributed by atoms with Crippen molar-refractivity contribution < 1.29 is 23.9 Å². The molecule has 126 valence electrons. The molecule has 0 radical (unpaired) electrons. The Labute approximate surface area is 134 Å². The van der Waals surface area contributed by atoms with E-state index in [-0.39, 0.29) is 31.3 Å². The molecule has 23 heavy (non-hydrogen) atoms. The minimum absolute atomic E-state index is 0.0245. The molecule has 2 rings (SSSR count). The molecule has 2 amide bonds. The van der Waals surface area contributed by atoms with Crippen molar-refractivity contribution in [2.75, 3.05) is 26.7 Å². The smallest absolute Gasteiger partial charge is 0.308 e. The number of rotatable bonds is 6. The van der Waals surface area contributed by atoms with Crippen LogP contribution in [0.3, 0.4) is 0 Å². The number of furan rings is 1. The maximum Gasteiger partial charge on any atom is 0.308 e. The van der Waals surface area contributed by atoms with E-state index in [1.807, 2.05) is 0 Å². The van der Waals surface area contributed by atoms with E-state index in [0.717, 1.165) is 5.76 Å². The summed E-state index contributed by atoms with van der Waals surface area (Å²) in [6, 6.07) is 3.57. The van der Waals surface area contributed by atoms with E-state index < -0.39 is 11.9 Å². The van der Waals surface area contributed by atoms with Crippen LogP contribution in [0.4, 0.5) is 0 Å². The first-order valence-electron chi connectivity index (χ1n) is 7.74. The lowest BCUT2D eigenvalue weighted by molar-refractivity contribution is -0.147. The van der Waals surface area contributed by atoms with Gasteiger partial charge in [-0.3, -0.25) is 14.4 Å². The first-order valence-corrected chi connectivity index (χ1v) is 7.74. The van der Waals surface area contributed by atoms with Crippen molar-refractivity contribution in [3.8, 4) is 0 Å². The highest BCUT2D eigenvalue weighted by atomic mass is 16.4. The molecule has 1 saturated heterocycles. The van der Waals surface area contributed by atoms with Gasteiger partial charge in [0, 0.05) is 33.0 Å². The molecule has 7 heteroatoms. The van der Waals surface area contributed by atoms with E-state index in [4.69, 9.17) is 9.52 Å². The molecule has 0 saturated carbocycles. The van der Waals surface area contributed by atoms with Gasteiger partial charge in [0.1, 0.15) is 5.76 Å². The first-order chi connectivity index (χ1) is 11.0. The molecule has 0 spiro atoms. The normalized spacial score (nSPS) is 17.8. The molecule has 1 atom stereocenters. The summed E-state index contributed by atoms with van der Waals surface area (Å²) in [6.07, 6.45) is 3.60. The van der Waals surface area contributed by atoms with E-state index in [1.165, 1.54) is 4.90 Å². The fourth-order valence-corrected chi connectivity index (χ4v) is 2.67. The van der Waals surface area contributed by atoms with Crippen LogP contribution < -0.4 is 0 Å². The van der Waals surface area contributed by atoms with Crippen molar-refractivity contribution in [1.29, 1.82) is 0 Å². The van der Waals surface area contributed by atoms with Crippen molar-refractivity contribution in [3.63, 3.8) is 0 Å². The standard InChI is InChI=1S/C16H22N2O5/c1-17(14(19)7-6-13-5-3-9-23-13)11-15(20)18-8-2-4-12(10-18)16(21)22/h3,5,9,12H,2,4,6-8,10-11H2,1H3,(H,21,22). The number of likely N-dealkylation sites (tertiary alicyclic amines) is 1. The van der Waals surface area contributed by atoms with E-state index in [1.54, 1.807) is 30.3 Å². The average Bonchev–Trinajstić information content (AvgIpc) is 3.06. The van der Waals surface area contributed by atoms with Gasteiger partial charge in [0.25, 0.3) is 0 Å². The lowest BCUT2D eigenvalue weighted by Gasteiger charge is -2.32. The molecule has 1 aromatic heterocycles. The SMILES string of the molecule is CN(CC(=O)N1CCCC(C(=O)O)C1)C(=O)CCc1ccco1. The lowest BCUT2D eigenvalue weighted by Crippen LogP contribution is -2.46. The van der Waals surface area contributed by atoms with Crippen LogP contribution in [-0.2, 0) is 20.8 Å². The number of aryl methyl sites for hydroxylation is 1. The van der Waals surface area contributed by atoms with Gasteiger partial charge in [0.2, 0.25) is 11.8 Å². The Morgan fingerprint density at radius 2 is 2.22 bits per heavy atom. The zero-order valence-corrected chi connectivity index (χ0v) is 13.2. The maximum absolute atomic E-state index is 12.2. The summed E-state index contributed by atoms with van der Waals surface area (Å²) in [5, 5.41) is 9.06. The number of likely N-dealkylation sites (N-methyl/N-ethyl adjacent to an activating group) is 1. The van der Waals surface area contributed by atoms with Gasteiger partial charge in [-0.05, 0) is 25.0 Å². The second-order valence-electron chi connectivity index (χ2n) is 5.85. The van der Waals surface area contributed by atoms with Gasteiger partial charge >= 0.3 is 5.97 Å².